The van der Waals surface area contributed by atoms with Crippen molar-refractivity contribution in [3.8, 4) is 5.75 Å². The van der Waals surface area contributed by atoms with E-state index in [4.69, 9.17) is 9.47 Å². The first-order valence-electron chi connectivity index (χ1n) is 8.68. The quantitative estimate of drug-likeness (QED) is 0.741. The van der Waals surface area contributed by atoms with Crippen LogP contribution in [-0.4, -0.2) is 31.7 Å². The molecule has 6 heteroatoms. The standard InChI is InChI=1S/C20H24N2O3.ClH/c23-20(14-21-13-19-7-4-12-24-19)22-17-8-10-18(11-9-17)25-15-16-5-2-1-3-6-16;/h1-3,5-6,8-11,19,21H,4,7,12-15H2,(H,22,23);1H. The number of carbonyl (C=O) groups is 1. The summed E-state index contributed by atoms with van der Waals surface area (Å²) in [5.74, 6) is 0.717. The van der Waals surface area contributed by atoms with Crippen molar-refractivity contribution < 1.29 is 14.3 Å². The molecule has 1 fully saturated rings. The SMILES string of the molecule is Cl.O=C(CNCC1CCCO1)Nc1ccc(OCc2ccccc2)cc1. The van der Waals surface area contributed by atoms with Crippen molar-refractivity contribution in [3.63, 3.8) is 0 Å². The maximum Gasteiger partial charge on any atom is 0.238 e. The molecule has 0 saturated carbocycles. The average molecular weight is 377 g/mol. The zero-order valence-corrected chi connectivity index (χ0v) is 15.5. The van der Waals surface area contributed by atoms with E-state index < -0.39 is 0 Å². The van der Waals surface area contributed by atoms with Gasteiger partial charge in [-0.2, -0.15) is 0 Å². The smallest absolute Gasteiger partial charge is 0.238 e. The Bertz CT molecular complexity index is 659. The predicted octanol–water partition coefficient (Wildman–Crippen LogP) is 3.39. The fourth-order valence-electron chi connectivity index (χ4n) is 2.73. The van der Waals surface area contributed by atoms with Gasteiger partial charge in [0, 0.05) is 18.8 Å². The topological polar surface area (TPSA) is 59.6 Å². The molecule has 1 heterocycles. The van der Waals surface area contributed by atoms with Crippen LogP contribution in [0.4, 0.5) is 5.69 Å². The summed E-state index contributed by atoms with van der Waals surface area (Å²) < 4.78 is 11.2. The van der Waals surface area contributed by atoms with Crippen LogP contribution in [-0.2, 0) is 16.1 Å². The Morgan fingerprint density at radius 1 is 1.12 bits per heavy atom. The van der Waals surface area contributed by atoms with Crippen molar-refractivity contribution in [2.75, 3.05) is 25.0 Å². The van der Waals surface area contributed by atoms with Gasteiger partial charge in [0.25, 0.3) is 0 Å². The molecule has 1 aliphatic rings. The molecule has 1 amide bonds. The molecule has 0 radical (unpaired) electrons. The molecule has 0 bridgehead atoms. The summed E-state index contributed by atoms with van der Waals surface area (Å²) in [5.41, 5.74) is 1.88. The lowest BCUT2D eigenvalue weighted by atomic mass is 10.2. The molecule has 0 spiro atoms. The Hall–Kier alpha value is -2.08. The molecule has 1 aliphatic heterocycles. The molecule has 140 valence electrons. The highest BCUT2D eigenvalue weighted by molar-refractivity contribution is 5.92. The van der Waals surface area contributed by atoms with Gasteiger partial charge in [-0.15, -0.1) is 12.4 Å². The van der Waals surface area contributed by atoms with E-state index in [1.165, 1.54) is 0 Å². The summed E-state index contributed by atoms with van der Waals surface area (Å²) in [6, 6.07) is 17.4. The lowest BCUT2D eigenvalue weighted by molar-refractivity contribution is -0.115. The third-order valence-corrected chi connectivity index (χ3v) is 4.07. The van der Waals surface area contributed by atoms with E-state index in [2.05, 4.69) is 10.6 Å². The largest absolute Gasteiger partial charge is 0.489 e. The van der Waals surface area contributed by atoms with Gasteiger partial charge in [0.2, 0.25) is 5.91 Å². The highest BCUT2D eigenvalue weighted by Crippen LogP contribution is 2.17. The van der Waals surface area contributed by atoms with E-state index in [9.17, 15) is 4.79 Å². The summed E-state index contributed by atoms with van der Waals surface area (Å²) >= 11 is 0. The van der Waals surface area contributed by atoms with Crippen molar-refractivity contribution >= 4 is 24.0 Å². The molecule has 26 heavy (non-hydrogen) atoms. The Morgan fingerprint density at radius 2 is 1.88 bits per heavy atom. The first-order chi connectivity index (χ1) is 12.3. The van der Waals surface area contributed by atoms with Crippen molar-refractivity contribution in [2.45, 2.75) is 25.6 Å². The van der Waals surface area contributed by atoms with Crippen LogP contribution in [0, 0.1) is 0 Å². The van der Waals surface area contributed by atoms with Crippen molar-refractivity contribution in [1.82, 2.24) is 5.32 Å². The number of carbonyl (C=O) groups excluding carboxylic acids is 1. The number of rotatable bonds is 8. The van der Waals surface area contributed by atoms with E-state index >= 15 is 0 Å². The van der Waals surface area contributed by atoms with Gasteiger partial charge in [0.1, 0.15) is 12.4 Å². The van der Waals surface area contributed by atoms with Crippen LogP contribution in [0.5, 0.6) is 5.75 Å². The number of nitrogens with one attached hydrogen (secondary N) is 2. The molecule has 0 aromatic heterocycles. The van der Waals surface area contributed by atoms with Crippen LogP contribution < -0.4 is 15.4 Å². The maximum atomic E-state index is 11.9. The molecule has 1 unspecified atom stereocenters. The molecule has 1 atom stereocenters. The third-order valence-electron chi connectivity index (χ3n) is 4.07. The molecule has 2 N–H and O–H groups in total. The van der Waals surface area contributed by atoms with Crippen LogP contribution in [0.1, 0.15) is 18.4 Å². The monoisotopic (exact) mass is 376 g/mol. The van der Waals surface area contributed by atoms with Crippen LogP contribution in [0.2, 0.25) is 0 Å². The minimum absolute atomic E-state index is 0. The van der Waals surface area contributed by atoms with E-state index in [1.807, 2.05) is 54.6 Å². The van der Waals surface area contributed by atoms with Crippen molar-refractivity contribution in [1.29, 1.82) is 0 Å². The zero-order chi connectivity index (χ0) is 17.3. The van der Waals surface area contributed by atoms with Gasteiger partial charge in [-0.3, -0.25) is 4.79 Å². The van der Waals surface area contributed by atoms with Crippen LogP contribution in [0.15, 0.2) is 54.6 Å². The fraction of sp³-hybridized carbons (Fsp3) is 0.350. The minimum Gasteiger partial charge on any atom is -0.489 e. The number of hydrogen-bond donors (Lipinski definition) is 2. The number of anilines is 1. The summed E-state index contributed by atoms with van der Waals surface area (Å²) in [6.07, 6.45) is 2.42. The Labute approximate surface area is 160 Å². The number of amides is 1. The summed E-state index contributed by atoms with van der Waals surface area (Å²) in [5, 5.41) is 6.01. The molecular formula is C20H25ClN2O3. The number of hydrogen-bond acceptors (Lipinski definition) is 4. The molecule has 5 nitrogen and oxygen atoms in total. The van der Waals surface area contributed by atoms with Gasteiger partial charge in [0.05, 0.1) is 12.6 Å². The first-order valence-corrected chi connectivity index (χ1v) is 8.68. The molecule has 2 aromatic rings. The highest BCUT2D eigenvalue weighted by atomic mass is 35.5. The van der Waals surface area contributed by atoms with Crippen LogP contribution in [0.3, 0.4) is 0 Å². The van der Waals surface area contributed by atoms with Crippen molar-refractivity contribution in [2.24, 2.45) is 0 Å². The Balaban J connectivity index is 0.00000243. The zero-order valence-electron chi connectivity index (χ0n) is 14.6. The molecule has 0 aliphatic carbocycles. The normalized spacial score (nSPS) is 15.9. The van der Waals surface area contributed by atoms with E-state index in [0.717, 1.165) is 43.0 Å². The van der Waals surface area contributed by atoms with E-state index in [1.54, 1.807) is 0 Å². The minimum atomic E-state index is -0.0593. The molecular weight excluding hydrogens is 352 g/mol. The van der Waals surface area contributed by atoms with Gasteiger partial charge < -0.3 is 20.1 Å². The second kappa shape index (κ2) is 10.8. The van der Waals surface area contributed by atoms with Gasteiger partial charge in [-0.05, 0) is 42.7 Å². The molecule has 2 aromatic carbocycles. The maximum absolute atomic E-state index is 11.9. The van der Waals surface area contributed by atoms with Gasteiger partial charge in [-0.1, -0.05) is 30.3 Å². The molecule has 3 rings (SSSR count). The predicted molar refractivity (Wildman–Crippen MR) is 105 cm³/mol. The first kappa shape index (κ1) is 20.2. The van der Waals surface area contributed by atoms with Gasteiger partial charge in [-0.25, -0.2) is 0 Å². The van der Waals surface area contributed by atoms with Gasteiger partial charge in [0.15, 0.2) is 0 Å². The second-order valence-electron chi connectivity index (χ2n) is 6.11. The third kappa shape index (κ3) is 6.67. The second-order valence-corrected chi connectivity index (χ2v) is 6.11. The lowest BCUT2D eigenvalue weighted by Crippen LogP contribution is -2.33. The Morgan fingerprint density at radius 3 is 2.58 bits per heavy atom. The van der Waals surface area contributed by atoms with Crippen LogP contribution in [0.25, 0.3) is 0 Å². The van der Waals surface area contributed by atoms with E-state index in [-0.39, 0.29) is 31.0 Å². The average Bonchev–Trinajstić information content (AvgIpc) is 3.15. The van der Waals surface area contributed by atoms with Gasteiger partial charge >= 0.3 is 0 Å². The van der Waals surface area contributed by atoms with Crippen molar-refractivity contribution in [3.05, 3.63) is 60.2 Å². The number of ether oxygens (including phenoxy) is 2. The van der Waals surface area contributed by atoms with E-state index in [0.29, 0.717) is 6.61 Å². The fourth-order valence-corrected chi connectivity index (χ4v) is 2.73. The number of benzene rings is 2. The summed E-state index contributed by atoms with van der Waals surface area (Å²) in [7, 11) is 0. The number of halogens is 1. The summed E-state index contributed by atoms with van der Waals surface area (Å²) in [6.45, 7) is 2.36. The lowest BCUT2D eigenvalue weighted by Gasteiger charge is -2.11. The Kier molecular flexibility index (Phi) is 8.41. The summed E-state index contributed by atoms with van der Waals surface area (Å²) in [4.78, 5) is 11.9. The van der Waals surface area contributed by atoms with Crippen LogP contribution >= 0.6 is 12.4 Å². The molecule has 1 saturated heterocycles. The highest BCUT2D eigenvalue weighted by Gasteiger charge is 2.15.